The lowest BCUT2D eigenvalue weighted by Gasteiger charge is -2.15. The monoisotopic (exact) mass is 338 g/mol. The van der Waals surface area contributed by atoms with Gasteiger partial charge in [-0.05, 0) is 42.2 Å². The number of nitrogens with two attached hydrogens (primary N) is 1. The number of fused-ring (bicyclic) bond motifs is 1. The van der Waals surface area contributed by atoms with Gasteiger partial charge in [-0.15, -0.1) is 6.58 Å². The smallest absolute Gasteiger partial charge is 0.251 e. The first-order chi connectivity index (χ1) is 12.1. The van der Waals surface area contributed by atoms with E-state index in [1.165, 1.54) is 0 Å². The van der Waals surface area contributed by atoms with Crippen LogP contribution in [0.2, 0.25) is 0 Å². The fourth-order valence-electron chi connectivity index (χ4n) is 2.85. The Morgan fingerprint density at radius 1 is 1.04 bits per heavy atom. The third-order valence-corrected chi connectivity index (χ3v) is 4.31. The third-order valence-electron chi connectivity index (χ3n) is 4.31. The zero-order chi connectivity index (χ0) is 18.1. The number of primary amides is 1. The topological polar surface area (TPSA) is 72.2 Å². The van der Waals surface area contributed by atoms with E-state index in [1.54, 1.807) is 6.07 Å². The summed E-state index contributed by atoms with van der Waals surface area (Å²) in [6.45, 7) is 3.70. The van der Waals surface area contributed by atoms with Crippen LogP contribution in [-0.2, 0) is 4.79 Å². The quantitative estimate of drug-likeness (QED) is 0.508. The van der Waals surface area contributed by atoms with Gasteiger partial charge in [0, 0.05) is 5.56 Å². The highest BCUT2D eigenvalue weighted by atomic mass is 16.2. The minimum atomic E-state index is -0.627. The van der Waals surface area contributed by atoms with E-state index in [9.17, 15) is 9.59 Å². The molecule has 3 N–H and O–H groups in total. The first kappa shape index (κ1) is 18.7. The van der Waals surface area contributed by atoms with Crippen molar-refractivity contribution in [3.63, 3.8) is 0 Å². The molecule has 0 fully saturated rings. The molecule has 4 nitrogen and oxygen atoms in total. The van der Waals surface area contributed by atoms with Crippen LogP contribution in [0.3, 0.4) is 0 Å². The Morgan fingerprint density at radius 3 is 2.48 bits per heavy atom. The molecule has 132 valence electrons. The van der Waals surface area contributed by atoms with E-state index in [1.807, 2.05) is 42.5 Å². The summed E-state index contributed by atoms with van der Waals surface area (Å²) in [5.41, 5.74) is 5.99. The lowest BCUT2D eigenvalue weighted by molar-refractivity contribution is -0.120. The Labute approximate surface area is 149 Å². The van der Waals surface area contributed by atoms with Gasteiger partial charge in [0.25, 0.3) is 5.91 Å². The summed E-state index contributed by atoms with van der Waals surface area (Å²) in [7, 11) is 0. The van der Waals surface area contributed by atoms with E-state index in [0.717, 1.165) is 42.9 Å². The van der Waals surface area contributed by atoms with Crippen LogP contribution in [0.15, 0.2) is 55.1 Å². The Morgan fingerprint density at radius 2 is 1.76 bits per heavy atom. The van der Waals surface area contributed by atoms with Crippen LogP contribution in [0.5, 0.6) is 0 Å². The largest absolute Gasteiger partial charge is 0.368 e. The number of hydrogen-bond donors (Lipinski definition) is 2. The van der Waals surface area contributed by atoms with E-state index < -0.39 is 11.9 Å². The van der Waals surface area contributed by atoms with Gasteiger partial charge in [-0.25, -0.2) is 0 Å². The summed E-state index contributed by atoms with van der Waals surface area (Å²) in [5, 5.41) is 4.84. The summed E-state index contributed by atoms with van der Waals surface area (Å²) in [6.07, 6.45) is 7.58. The van der Waals surface area contributed by atoms with Gasteiger partial charge in [-0.3, -0.25) is 9.59 Å². The van der Waals surface area contributed by atoms with Crippen molar-refractivity contribution in [2.45, 2.75) is 44.6 Å². The zero-order valence-electron chi connectivity index (χ0n) is 14.5. The number of rotatable bonds is 10. The van der Waals surface area contributed by atoms with E-state index >= 15 is 0 Å². The van der Waals surface area contributed by atoms with Gasteiger partial charge in [0.1, 0.15) is 6.04 Å². The second-order valence-corrected chi connectivity index (χ2v) is 6.27. The standard InChI is InChI=1S/C21H26N2O2/c1-2-3-4-5-6-7-12-19(20(22)24)23-21(25)18-14-13-16-10-8-9-11-17(16)15-18/h2,8-11,13-15,19H,1,3-7,12H2,(H2,22,24)(H,23,25)/t19-/m1/s1. The molecule has 1 atom stereocenters. The lowest BCUT2D eigenvalue weighted by atomic mass is 10.0. The van der Waals surface area contributed by atoms with Gasteiger partial charge >= 0.3 is 0 Å². The molecule has 2 aromatic rings. The summed E-state index contributed by atoms with van der Waals surface area (Å²) in [5.74, 6) is -0.749. The molecule has 0 saturated heterocycles. The molecule has 0 aliphatic rings. The molecule has 0 unspecified atom stereocenters. The van der Waals surface area contributed by atoms with Crippen LogP contribution >= 0.6 is 0 Å². The van der Waals surface area contributed by atoms with Crippen LogP contribution in [0.1, 0.15) is 48.9 Å². The van der Waals surface area contributed by atoms with Crippen molar-refractivity contribution in [2.24, 2.45) is 5.73 Å². The molecular formula is C21H26N2O2. The van der Waals surface area contributed by atoms with Gasteiger partial charge in [0.05, 0.1) is 0 Å². The van der Waals surface area contributed by atoms with Gasteiger partial charge in [0.2, 0.25) is 5.91 Å². The molecule has 2 aromatic carbocycles. The highest BCUT2D eigenvalue weighted by Gasteiger charge is 2.18. The molecule has 0 radical (unpaired) electrons. The molecule has 0 aliphatic heterocycles. The Hall–Kier alpha value is -2.62. The zero-order valence-corrected chi connectivity index (χ0v) is 14.5. The summed E-state index contributed by atoms with van der Waals surface area (Å²) in [6, 6.07) is 12.7. The predicted molar refractivity (Wildman–Crippen MR) is 102 cm³/mol. The number of nitrogens with one attached hydrogen (secondary N) is 1. The van der Waals surface area contributed by atoms with E-state index in [-0.39, 0.29) is 5.91 Å². The van der Waals surface area contributed by atoms with Crippen molar-refractivity contribution < 1.29 is 9.59 Å². The minimum Gasteiger partial charge on any atom is -0.368 e. The van der Waals surface area contributed by atoms with E-state index in [2.05, 4.69) is 11.9 Å². The highest BCUT2D eigenvalue weighted by Crippen LogP contribution is 2.16. The maximum absolute atomic E-state index is 12.4. The van der Waals surface area contributed by atoms with Gasteiger partial charge in [0.15, 0.2) is 0 Å². The average Bonchev–Trinajstić information content (AvgIpc) is 2.62. The molecule has 4 heteroatoms. The first-order valence-corrected chi connectivity index (χ1v) is 8.81. The maximum Gasteiger partial charge on any atom is 0.251 e. The summed E-state index contributed by atoms with van der Waals surface area (Å²) < 4.78 is 0. The van der Waals surface area contributed by atoms with Crippen LogP contribution < -0.4 is 11.1 Å². The number of carbonyl (C=O) groups is 2. The molecule has 0 saturated carbocycles. The SMILES string of the molecule is C=CCCCCCC[C@@H](NC(=O)c1ccc2ccccc2c1)C(N)=O. The Balaban J connectivity index is 1.92. The highest BCUT2D eigenvalue weighted by molar-refractivity contribution is 6.00. The van der Waals surface area contributed by atoms with Crippen LogP contribution in [0.4, 0.5) is 0 Å². The number of carbonyl (C=O) groups excluding carboxylic acids is 2. The molecule has 2 amide bonds. The minimum absolute atomic E-state index is 0.263. The van der Waals surface area contributed by atoms with Gasteiger partial charge in [-0.1, -0.05) is 55.7 Å². The molecule has 0 aliphatic carbocycles. The number of allylic oxidation sites excluding steroid dienone is 1. The fourth-order valence-corrected chi connectivity index (χ4v) is 2.85. The number of amides is 2. The van der Waals surface area contributed by atoms with Gasteiger partial charge < -0.3 is 11.1 Å². The van der Waals surface area contributed by atoms with Crippen LogP contribution in [0, 0.1) is 0 Å². The maximum atomic E-state index is 12.4. The van der Waals surface area contributed by atoms with Crippen molar-refractivity contribution in [3.8, 4) is 0 Å². The van der Waals surface area contributed by atoms with Crippen LogP contribution in [-0.4, -0.2) is 17.9 Å². The number of hydrogen-bond acceptors (Lipinski definition) is 2. The Kier molecular flexibility index (Phi) is 7.20. The Bertz CT molecular complexity index is 740. The fraction of sp³-hybridized carbons (Fsp3) is 0.333. The molecule has 25 heavy (non-hydrogen) atoms. The van der Waals surface area contributed by atoms with Crippen molar-refractivity contribution in [3.05, 3.63) is 60.7 Å². The third kappa shape index (κ3) is 5.75. The number of unbranched alkanes of at least 4 members (excludes halogenated alkanes) is 4. The van der Waals surface area contributed by atoms with Crippen molar-refractivity contribution in [2.75, 3.05) is 0 Å². The molecule has 0 bridgehead atoms. The van der Waals surface area contributed by atoms with Crippen molar-refractivity contribution in [1.29, 1.82) is 0 Å². The lowest BCUT2D eigenvalue weighted by Crippen LogP contribution is -2.44. The van der Waals surface area contributed by atoms with E-state index in [0.29, 0.717) is 12.0 Å². The molecule has 0 spiro atoms. The molecule has 0 aromatic heterocycles. The predicted octanol–water partition coefficient (Wildman–Crippen LogP) is 3.95. The van der Waals surface area contributed by atoms with Crippen LogP contribution in [0.25, 0.3) is 10.8 Å². The average molecular weight is 338 g/mol. The summed E-state index contributed by atoms with van der Waals surface area (Å²) >= 11 is 0. The van der Waals surface area contributed by atoms with Crippen molar-refractivity contribution >= 4 is 22.6 Å². The molecular weight excluding hydrogens is 312 g/mol. The van der Waals surface area contributed by atoms with Gasteiger partial charge in [-0.2, -0.15) is 0 Å². The summed E-state index contributed by atoms with van der Waals surface area (Å²) in [4.78, 5) is 24.1. The first-order valence-electron chi connectivity index (χ1n) is 8.81. The molecule has 0 heterocycles. The second-order valence-electron chi connectivity index (χ2n) is 6.27. The number of benzene rings is 2. The molecule has 2 rings (SSSR count). The van der Waals surface area contributed by atoms with E-state index in [4.69, 9.17) is 5.73 Å². The van der Waals surface area contributed by atoms with Crippen molar-refractivity contribution in [1.82, 2.24) is 5.32 Å². The second kappa shape index (κ2) is 9.62. The normalized spacial score (nSPS) is 11.8.